The first-order chi connectivity index (χ1) is 9.29. The molecule has 0 bridgehead atoms. The number of ether oxygens (including phenoxy) is 2. The Labute approximate surface area is 117 Å². The number of sulfonamides is 1. The molecule has 0 amide bonds. The number of hydrogen-bond donors (Lipinski definition) is 1. The van der Waals surface area contributed by atoms with Crippen LogP contribution >= 0.6 is 0 Å². The molecule has 1 aliphatic heterocycles. The van der Waals surface area contributed by atoms with Gasteiger partial charge in [-0.2, -0.15) is 0 Å². The third-order valence-electron chi connectivity index (χ3n) is 2.87. The lowest BCUT2D eigenvalue weighted by Crippen LogP contribution is -2.37. The molecule has 0 aromatic heterocycles. The Morgan fingerprint density at radius 1 is 1.40 bits per heavy atom. The van der Waals surface area contributed by atoms with Crippen LogP contribution in [0, 0.1) is 0 Å². The van der Waals surface area contributed by atoms with E-state index in [4.69, 9.17) is 14.6 Å². The Morgan fingerprint density at radius 2 is 2.05 bits per heavy atom. The van der Waals surface area contributed by atoms with Crippen LogP contribution in [0.3, 0.4) is 0 Å². The van der Waals surface area contributed by atoms with Crippen LogP contribution in [0.2, 0.25) is 0 Å². The lowest BCUT2D eigenvalue weighted by atomic mass is 10.2. The van der Waals surface area contributed by atoms with Crippen molar-refractivity contribution in [3.8, 4) is 0 Å². The Hall–Kier alpha value is -1.64. The van der Waals surface area contributed by atoms with Crippen LogP contribution in [-0.2, 0) is 19.5 Å². The molecule has 0 aliphatic carbocycles. The SMILES string of the molecule is CN(C)c1ccc(C(=O)OC2COC2)cc1S(N)(=O)=O. The fraction of sp³-hybridized carbons (Fsp3) is 0.417. The normalized spacial score (nSPS) is 15.6. The van der Waals surface area contributed by atoms with E-state index in [1.807, 2.05) is 0 Å². The summed E-state index contributed by atoms with van der Waals surface area (Å²) < 4.78 is 33.2. The first-order valence-electron chi connectivity index (χ1n) is 5.92. The minimum absolute atomic E-state index is 0.109. The highest BCUT2D eigenvalue weighted by atomic mass is 32.2. The van der Waals surface area contributed by atoms with Crippen LogP contribution in [0.1, 0.15) is 10.4 Å². The first kappa shape index (κ1) is 14.8. The summed E-state index contributed by atoms with van der Waals surface area (Å²) in [6.07, 6.45) is -0.269. The summed E-state index contributed by atoms with van der Waals surface area (Å²) >= 11 is 0. The third kappa shape index (κ3) is 3.09. The van der Waals surface area contributed by atoms with Crippen LogP contribution in [0.5, 0.6) is 0 Å². The van der Waals surface area contributed by atoms with Gasteiger partial charge in [-0.05, 0) is 18.2 Å². The van der Waals surface area contributed by atoms with E-state index < -0.39 is 16.0 Å². The van der Waals surface area contributed by atoms with Crippen molar-refractivity contribution in [2.24, 2.45) is 5.14 Å². The molecule has 1 saturated heterocycles. The Balaban J connectivity index is 2.33. The number of esters is 1. The van der Waals surface area contributed by atoms with Crippen LogP contribution in [0.25, 0.3) is 0 Å². The number of nitrogens with zero attached hydrogens (tertiary/aromatic N) is 1. The first-order valence-corrected chi connectivity index (χ1v) is 7.46. The maximum Gasteiger partial charge on any atom is 0.338 e. The fourth-order valence-electron chi connectivity index (χ4n) is 1.74. The smallest absolute Gasteiger partial charge is 0.338 e. The molecule has 1 aliphatic rings. The molecule has 110 valence electrons. The van der Waals surface area contributed by atoms with Crippen molar-refractivity contribution in [1.29, 1.82) is 0 Å². The number of benzene rings is 1. The zero-order chi connectivity index (χ0) is 14.9. The molecule has 2 N–H and O–H groups in total. The third-order valence-corrected chi connectivity index (χ3v) is 3.81. The van der Waals surface area contributed by atoms with Crippen molar-refractivity contribution in [3.63, 3.8) is 0 Å². The van der Waals surface area contributed by atoms with Crippen molar-refractivity contribution in [3.05, 3.63) is 23.8 Å². The van der Waals surface area contributed by atoms with Crippen LogP contribution in [0.15, 0.2) is 23.1 Å². The Morgan fingerprint density at radius 3 is 2.50 bits per heavy atom. The Bertz CT molecular complexity index is 623. The number of carbonyl (C=O) groups excluding carboxylic acids is 1. The van der Waals surface area contributed by atoms with Crippen molar-refractivity contribution in [2.75, 3.05) is 32.2 Å². The molecule has 0 saturated carbocycles. The number of primary sulfonamides is 1. The van der Waals surface area contributed by atoms with Gasteiger partial charge < -0.3 is 14.4 Å². The second-order valence-electron chi connectivity index (χ2n) is 4.69. The van der Waals surface area contributed by atoms with Crippen molar-refractivity contribution in [1.82, 2.24) is 0 Å². The zero-order valence-electron chi connectivity index (χ0n) is 11.2. The molecule has 1 fully saturated rings. The van der Waals surface area contributed by atoms with Crippen molar-refractivity contribution >= 4 is 21.7 Å². The summed E-state index contributed by atoms with van der Waals surface area (Å²) in [6.45, 7) is 0.729. The van der Waals surface area contributed by atoms with Gasteiger partial charge in [0.25, 0.3) is 0 Å². The van der Waals surface area contributed by atoms with Gasteiger partial charge in [0.05, 0.1) is 24.5 Å². The molecule has 1 aromatic rings. The lowest BCUT2D eigenvalue weighted by molar-refractivity contribution is -0.103. The van der Waals surface area contributed by atoms with Crippen molar-refractivity contribution < 1.29 is 22.7 Å². The minimum atomic E-state index is -3.93. The minimum Gasteiger partial charge on any atom is -0.454 e. The van der Waals surface area contributed by atoms with Gasteiger partial charge in [0.1, 0.15) is 11.0 Å². The van der Waals surface area contributed by atoms with Gasteiger partial charge in [-0.1, -0.05) is 0 Å². The van der Waals surface area contributed by atoms with Gasteiger partial charge in [-0.15, -0.1) is 0 Å². The summed E-state index contributed by atoms with van der Waals surface area (Å²) in [5.41, 5.74) is 0.558. The van der Waals surface area contributed by atoms with E-state index in [0.29, 0.717) is 18.9 Å². The van der Waals surface area contributed by atoms with Gasteiger partial charge in [0.2, 0.25) is 10.0 Å². The maximum absolute atomic E-state index is 11.9. The van der Waals surface area contributed by atoms with E-state index in [9.17, 15) is 13.2 Å². The van der Waals surface area contributed by atoms with Gasteiger partial charge in [-0.3, -0.25) is 0 Å². The molecular formula is C12H16N2O5S. The number of anilines is 1. The fourth-order valence-corrected chi connectivity index (χ4v) is 2.57. The Kier molecular flexibility index (Phi) is 3.98. The molecule has 0 unspecified atom stereocenters. The van der Waals surface area contributed by atoms with E-state index in [-0.39, 0.29) is 16.6 Å². The molecule has 8 heteroatoms. The summed E-state index contributed by atoms with van der Waals surface area (Å²) in [5, 5.41) is 5.18. The lowest BCUT2D eigenvalue weighted by Gasteiger charge is -2.25. The van der Waals surface area contributed by atoms with E-state index >= 15 is 0 Å². The summed E-state index contributed by atoms with van der Waals surface area (Å²) in [4.78, 5) is 13.4. The molecule has 1 heterocycles. The van der Waals surface area contributed by atoms with Crippen LogP contribution in [0.4, 0.5) is 5.69 Å². The van der Waals surface area contributed by atoms with E-state index in [2.05, 4.69) is 0 Å². The number of carbonyl (C=O) groups is 1. The number of nitrogens with two attached hydrogens (primary N) is 1. The van der Waals surface area contributed by atoms with Gasteiger partial charge >= 0.3 is 5.97 Å². The average molecular weight is 300 g/mol. The largest absolute Gasteiger partial charge is 0.454 e. The highest BCUT2D eigenvalue weighted by molar-refractivity contribution is 7.89. The second-order valence-corrected chi connectivity index (χ2v) is 6.22. The molecule has 0 spiro atoms. The summed E-state index contributed by atoms with van der Waals surface area (Å²) in [6, 6.07) is 4.26. The highest BCUT2D eigenvalue weighted by Crippen LogP contribution is 2.24. The monoisotopic (exact) mass is 300 g/mol. The molecule has 20 heavy (non-hydrogen) atoms. The predicted octanol–water partition coefficient (Wildman–Crippen LogP) is -0.0444. The van der Waals surface area contributed by atoms with Crippen LogP contribution < -0.4 is 10.0 Å². The second kappa shape index (κ2) is 5.39. The average Bonchev–Trinajstić information content (AvgIpc) is 2.31. The molecular weight excluding hydrogens is 284 g/mol. The van der Waals surface area contributed by atoms with Gasteiger partial charge in [0, 0.05) is 14.1 Å². The quantitative estimate of drug-likeness (QED) is 0.783. The molecule has 7 nitrogen and oxygen atoms in total. The molecule has 2 rings (SSSR count). The number of rotatable bonds is 4. The summed E-state index contributed by atoms with van der Waals surface area (Å²) in [5.74, 6) is -0.589. The van der Waals surface area contributed by atoms with Gasteiger partial charge in [-0.25, -0.2) is 18.4 Å². The zero-order valence-corrected chi connectivity index (χ0v) is 12.0. The van der Waals surface area contributed by atoms with Crippen LogP contribution in [-0.4, -0.2) is 47.8 Å². The molecule has 1 aromatic carbocycles. The highest BCUT2D eigenvalue weighted by Gasteiger charge is 2.25. The number of hydrogen-bond acceptors (Lipinski definition) is 6. The topological polar surface area (TPSA) is 98.9 Å². The van der Waals surface area contributed by atoms with Crippen molar-refractivity contribution in [2.45, 2.75) is 11.0 Å². The predicted molar refractivity (Wildman–Crippen MR) is 72.2 cm³/mol. The molecule has 0 atom stereocenters. The van der Waals surface area contributed by atoms with E-state index in [1.54, 1.807) is 19.0 Å². The van der Waals surface area contributed by atoms with E-state index in [1.165, 1.54) is 18.2 Å². The summed E-state index contributed by atoms with van der Waals surface area (Å²) in [7, 11) is -0.552. The molecule has 0 radical (unpaired) electrons. The standard InChI is InChI=1S/C12H16N2O5S/c1-14(2)10-4-3-8(5-11(10)20(13,16)17)12(15)19-9-6-18-7-9/h3-5,9H,6-7H2,1-2H3,(H2,13,16,17). The maximum atomic E-state index is 11.9. The van der Waals surface area contributed by atoms with Gasteiger partial charge in [0.15, 0.2) is 0 Å². The van der Waals surface area contributed by atoms with E-state index in [0.717, 1.165) is 0 Å².